The fraction of sp³-hybridized carbons (Fsp3) is 0.500. The maximum atomic E-state index is 12.5. The van der Waals surface area contributed by atoms with Crippen LogP contribution in [0.5, 0.6) is 0 Å². The minimum atomic E-state index is -0.463. The number of nitrogens with zero attached hydrogens (tertiary/aromatic N) is 1. The number of benzene rings is 1. The molecule has 1 saturated carbocycles. The molecule has 20 heavy (non-hydrogen) atoms. The van der Waals surface area contributed by atoms with Crippen LogP contribution in [0.3, 0.4) is 0 Å². The van der Waals surface area contributed by atoms with Gasteiger partial charge in [0.15, 0.2) is 0 Å². The summed E-state index contributed by atoms with van der Waals surface area (Å²) in [4.78, 5) is 24.9. The monoisotopic (exact) mass is 272 g/mol. The van der Waals surface area contributed by atoms with Crippen molar-refractivity contribution in [3.63, 3.8) is 0 Å². The Kier molecular flexibility index (Phi) is 3.24. The summed E-state index contributed by atoms with van der Waals surface area (Å²) in [5.74, 6) is 0.661. The van der Waals surface area contributed by atoms with E-state index in [1.54, 1.807) is 0 Å². The van der Waals surface area contributed by atoms with Crippen molar-refractivity contribution < 1.29 is 9.59 Å². The number of rotatable bonds is 1. The van der Waals surface area contributed by atoms with Crippen LogP contribution in [0.4, 0.5) is 5.69 Å². The predicted octanol–water partition coefficient (Wildman–Crippen LogP) is 2.65. The molecule has 1 saturated heterocycles. The fourth-order valence-corrected chi connectivity index (χ4v) is 3.24. The third kappa shape index (κ3) is 2.19. The summed E-state index contributed by atoms with van der Waals surface area (Å²) in [6, 6.07) is 9.28. The van der Waals surface area contributed by atoms with Crippen LogP contribution in [0.25, 0.3) is 0 Å². The topological polar surface area (TPSA) is 49.4 Å². The molecule has 1 N–H and O–H groups in total. The first-order chi connectivity index (χ1) is 9.61. The van der Waals surface area contributed by atoms with Gasteiger partial charge in [-0.05, 0) is 43.7 Å². The van der Waals surface area contributed by atoms with Crippen LogP contribution in [-0.2, 0) is 9.59 Å². The van der Waals surface area contributed by atoms with Crippen molar-refractivity contribution in [1.29, 1.82) is 0 Å². The molecule has 0 aromatic heterocycles. The molecule has 1 aliphatic heterocycles. The second kappa shape index (κ2) is 4.93. The summed E-state index contributed by atoms with van der Waals surface area (Å²) in [6.45, 7) is 2.21. The van der Waals surface area contributed by atoms with Crippen LogP contribution < -0.4 is 10.4 Å². The minimum absolute atomic E-state index is 0.00727. The number of hydrogen-bond donors (Lipinski definition) is 1. The van der Waals surface area contributed by atoms with Gasteiger partial charge >= 0.3 is 0 Å². The summed E-state index contributed by atoms with van der Waals surface area (Å²) < 4.78 is 0. The molecule has 1 aromatic carbocycles. The van der Waals surface area contributed by atoms with Crippen LogP contribution in [-0.4, -0.2) is 11.8 Å². The van der Waals surface area contributed by atoms with E-state index in [1.165, 1.54) is 5.01 Å². The summed E-state index contributed by atoms with van der Waals surface area (Å²) in [5.41, 5.74) is 3.07. The highest BCUT2D eigenvalue weighted by Gasteiger charge is 2.47. The maximum Gasteiger partial charge on any atom is 0.246 e. The Morgan fingerprint density at radius 2 is 1.80 bits per heavy atom. The van der Waals surface area contributed by atoms with Gasteiger partial charge in [0, 0.05) is 6.42 Å². The van der Waals surface area contributed by atoms with Crippen molar-refractivity contribution in [2.24, 2.45) is 11.3 Å². The second-order valence-corrected chi connectivity index (χ2v) is 6.15. The zero-order valence-electron chi connectivity index (χ0n) is 11.8. The van der Waals surface area contributed by atoms with Crippen LogP contribution in [0.15, 0.2) is 30.3 Å². The molecule has 4 nitrogen and oxygen atoms in total. The van der Waals surface area contributed by atoms with Gasteiger partial charge in [-0.1, -0.05) is 25.1 Å². The summed E-state index contributed by atoms with van der Waals surface area (Å²) in [5, 5.41) is 1.39. The van der Waals surface area contributed by atoms with Crippen molar-refractivity contribution in [3.05, 3.63) is 30.3 Å². The lowest BCUT2D eigenvalue weighted by molar-refractivity contribution is -0.144. The van der Waals surface area contributed by atoms with Gasteiger partial charge < -0.3 is 0 Å². The zero-order chi connectivity index (χ0) is 14.2. The van der Waals surface area contributed by atoms with E-state index >= 15 is 0 Å². The first-order valence-electron chi connectivity index (χ1n) is 7.30. The second-order valence-electron chi connectivity index (χ2n) is 6.15. The minimum Gasteiger partial charge on any atom is -0.273 e. The lowest BCUT2D eigenvalue weighted by Crippen LogP contribution is -2.60. The molecule has 1 aromatic rings. The Morgan fingerprint density at radius 1 is 1.15 bits per heavy atom. The number of hydrazine groups is 1. The molecule has 4 heteroatoms. The predicted molar refractivity (Wildman–Crippen MR) is 76.8 cm³/mol. The average molecular weight is 272 g/mol. The lowest BCUT2D eigenvalue weighted by atomic mass is 9.67. The zero-order valence-corrected chi connectivity index (χ0v) is 11.8. The standard InChI is InChI=1S/C16H20N2O2/c1-12-7-9-16(10-8-12)11-14(19)18(17-15(16)20)13-5-3-2-4-6-13/h2-6,12H,7-11H2,1H3,(H,17,20). The molecule has 1 spiro atoms. The van der Waals surface area contributed by atoms with Crippen LogP contribution in [0, 0.1) is 11.3 Å². The highest BCUT2D eigenvalue weighted by molar-refractivity contribution is 6.03. The van der Waals surface area contributed by atoms with Gasteiger partial charge in [0.2, 0.25) is 11.8 Å². The van der Waals surface area contributed by atoms with Gasteiger partial charge in [0.05, 0.1) is 11.1 Å². The Balaban J connectivity index is 1.80. The van der Waals surface area contributed by atoms with E-state index in [4.69, 9.17) is 0 Å². The smallest absolute Gasteiger partial charge is 0.246 e. The Labute approximate surface area is 119 Å². The molecule has 0 unspecified atom stereocenters. The van der Waals surface area contributed by atoms with E-state index in [1.807, 2.05) is 30.3 Å². The van der Waals surface area contributed by atoms with Gasteiger partial charge in [-0.3, -0.25) is 15.0 Å². The van der Waals surface area contributed by atoms with Crippen LogP contribution in [0.1, 0.15) is 39.0 Å². The molecule has 2 fully saturated rings. The first kappa shape index (κ1) is 13.2. The number of carbonyl (C=O) groups excluding carboxylic acids is 2. The molecule has 0 bridgehead atoms. The SMILES string of the molecule is CC1CCC2(CC1)CC(=O)N(c1ccccc1)NC2=O. The average Bonchev–Trinajstić information content (AvgIpc) is 2.47. The summed E-state index contributed by atoms with van der Waals surface area (Å²) in [6.07, 6.45) is 4.06. The van der Waals surface area contributed by atoms with Crippen LogP contribution in [0.2, 0.25) is 0 Å². The maximum absolute atomic E-state index is 12.5. The highest BCUT2D eigenvalue weighted by Crippen LogP contribution is 2.44. The van der Waals surface area contributed by atoms with Crippen molar-refractivity contribution in [3.8, 4) is 0 Å². The van der Waals surface area contributed by atoms with Crippen molar-refractivity contribution in [1.82, 2.24) is 5.43 Å². The Hall–Kier alpha value is -1.84. The molecule has 1 heterocycles. The molecule has 0 radical (unpaired) electrons. The molecule has 2 amide bonds. The first-order valence-corrected chi connectivity index (χ1v) is 7.30. The van der Waals surface area contributed by atoms with Crippen LogP contribution >= 0.6 is 0 Å². The Bertz CT molecular complexity index is 519. The molecule has 2 aliphatic rings. The lowest BCUT2D eigenvalue weighted by Gasteiger charge is -2.43. The number of hydrogen-bond acceptors (Lipinski definition) is 2. The van der Waals surface area contributed by atoms with Gasteiger partial charge in [-0.15, -0.1) is 0 Å². The van der Waals surface area contributed by atoms with E-state index in [0.29, 0.717) is 12.3 Å². The van der Waals surface area contributed by atoms with Gasteiger partial charge in [-0.2, -0.15) is 0 Å². The van der Waals surface area contributed by atoms with E-state index in [-0.39, 0.29) is 11.8 Å². The van der Waals surface area contributed by atoms with E-state index in [0.717, 1.165) is 31.4 Å². The molecular formula is C16H20N2O2. The number of carbonyl (C=O) groups is 2. The summed E-state index contributed by atoms with van der Waals surface area (Å²) in [7, 11) is 0. The van der Waals surface area contributed by atoms with E-state index < -0.39 is 5.41 Å². The van der Waals surface area contributed by atoms with E-state index in [9.17, 15) is 9.59 Å². The van der Waals surface area contributed by atoms with Gasteiger partial charge in [-0.25, -0.2) is 5.01 Å². The molecule has 3 rings (SSSR count). The number of para-hydroxylation sites is 1. The Morgan fingerprint density at radius 3 is 2.45 bits per heavy atom. The number of nitrogens with one attached hydrogen (secondary N) is 1. The number of amides is 2. The normalized spacial score (nSPS) is 30.4. The highest BCUT2D eigenvalue weighted by atomic mass is 16.2. The van der Waals surface area contributed by atoms with Gasteiger partial charge in [0.25, 0.3) is 0 Å². The molecular weight excluding hydrogens is 252 g/mol. The summed E-state index contributed by atoms with van der Waals surface area (Å²) >= 11 is 0. The third-order valence-corrected chi connectivity index (χ3v) is 4.68. The molecule has 0 atom stereocenters. The van der Waals surface area contributed by atoms with Gasteiger partial charge in [0.1, 0.15) is 0 Å². The molecule has 106 valence electrons. The van der Waals surface area contributed by atoms with Crippen molar-refractivity contribution in [2.75, 3.05) is 5.01 Å². The van der Waals surface area contributed by atoms with Crippen molar-refractivity contribution >= 4 is 17.5 Å². The van der Waals surface area contributed by atoms with E-state index in [2.05, 4.69) is 12.3 Å². The molecule has 1 aliphatic carbocycles. The van der Waals surface area contributed by atoms with Crippen molar-refractivity contribution in [2.45, 2.75) is 39.0 Å². The third-order valence-electron chi connectivity index (χ3n) is 4.68. The fourth-order valence-electron chi connectivity index (χ4n) is 3.24. The quantitative estimate of drug-likeness (QED) is 0.854. The largest absolute Gasteiger partial charge is 0.273 e. The number of anilines is 1.